The van der Waals surface area contributed by atoms with E-state index in [2.05, 4.69) is 54.3 Å². The second kappa shape index (κ2) is 7.05. The second-order valence-electron chi connectivity index (χ2n) is 6.98. The Balaban J connectivity index is 0.000000146. The Kier molecular flexibility index (Phi) is 4.83. The predicted molar refractivity (Wildman–Crippen MR) is 101 cm³/mol. The van der Waals surface area contributed by atoms with Crippen LogP contribution in [0.15, 0.2) is 36.8 Å². The van der Waals surface area contributed by atoms with Gasteiger partial charge in [0.15, 0.2) is 0 Å². The van der Waals surface area contributed by atoms with Crippen LogP contribution in [0.1, 0.15) is 56.2 Å². The summed E-state index contributed by atoms with van der Waals surface area (Å²) < 4.78 is 0. The number of hydrogen-bond acceptors (Lipinski definition) is 3. The Bertz CT molecular complexity index is 896. The number of aromatic amines is 1. The van der Waals surface area contributed by atoms with Gasteiger partial charge < -0.3 is 5.32 Å². The number of nitrogens with zero attached hydrogens (tertiary/aromatic N) is 2. The Morgan fingerprint density at radius 3 is 2.48 bits per heavy atom. The molecular formula is C20H24N4O. The number of fused-ring (bicyclic) bond motifs is 2. The maximum Gasteiger partial charge on any atom is 0.228 e. The summed E-state index contributed by atoms with van der Waals surface area (Å²) in [5.41, 5.74) is 5.76. The third kappa shape index (κ3) is 3.55. The van der Waals surface area contributed by atoms with E-state index in [0.717, 1.165) is 22.2 Å². The molecule has 1 amide bonds. The summed E-state index contributed by atoms with van der Waals surface area (Å²) in [6.07, 6.45) is 6.06. The van der Waals surface area contributed by atoms with Gasteiger partial charge in [-0.05, 0) is 28.5 Å². The molecule has 2 aromatic heterocycles. The number of amides is 1. The molecule has 1 aliphatic rings. The lowest BCUT2D eigenvalue weighted by Gasteiger charge is -2.10. The summed E-state index contributed by atoms with van der Waals surface area (Å²) >= 11 is 0. The van der Waals surface area contributed by atoms with E-state index in [4.69, 9.17) is 0 Å². The van der Waals surface area contributed by atoms with Crippen molar-refractivity contribution in [1.82, 2.24) is 15.2 Å². The fourth-order valence-corrected chi connectivity index (χ4v) is 3.08. The fraction of sp³-hybridized carbons (Fsp3) is 0.350. The highest BCUT2D eigenvalue weighted by Crippen LogP contribution is 2.31. The molecule has 25 heavy (non-hydrogen) atoms. The number of pyridine rings is 1. The van der Waals surface area contributed by atoms with Gasteiger partial charge in [0, 0.05) is 23.5 Å². The van der Waals surface area contributed by atoms with Crippen LogP contribution < -0.4 is 5.32 Å². The highest BCUT2D eigenvalue weighted by Gasteiger charge is 2.20. The predicted octanol–water partition coefficient (Wildman–Crippen LogP) is 4.39. The minimum atomic E-state index is 0.114. The molecule has 1 aliphatic heterocycles. The van der Waals surface area contributed by atoms with Gasteiger partial charge in [0.2, 0.25) is 5.91 Å². The standard InChI is InChI=1S/C11H13NO.C9H11N3/c1-7(2)9-5-3-4-8-6-10(13)12-11(8)9;1-6(2)8-5-10-3-7-4-11-12-9(7)8/h3-5,7H,6H2,1-2H3,(H,12,13);3-6H,1-2H3,(H,11,12). The molecule has 0 atom stereocenters. The minimum Gasteiger partial charge on any atom is -0.325 e. The van der Waals surface area contributed by atoms with Gasteiger partial charge in [-0.3, -0.25) is 14.9 Å². The molecule has 5 heteroatoms. The van der Waals surface area contributed by atoms with Crippen molar-refractivity contribution in [1.29, 1.82) is 0 Å². The molecule has 5 nitrogen and oxygen atoms in total. The van der Waals surface area contributed by atoms with Gasteiger partial charge >= 0.3 is 0 Å². The van der Waals surface area contributed by atoms with Crippen LogP contribution in [0.3, 0.4) is 0 Å². The van der Waals surface area contributed by atoms with Crippen LogP contribution in [0, 0.1) is 0 Å². The van der Waals surface area contributed by atoms with Gasteiger partial charge in [-0.2, -0.15) is 5.10 Å². The Labute approximate surface area is 147 Å². The first-order chi connectivity index (χ1) is 12.0. The van der Waals surface area contributed by atoms with E-state index in [0.29, 0.717) is 18.3 Å². The van der Waals surface area contributed by atoms with Crippen molar-refractivity contribution in [2.45, 2.75) is 46.0 Å². The molecule has 2 N–H and O–H groups in total. The SMILES string of the molecule is CC(C)c1cccc2c1NC(=O)C2.CC(C)c1cncc2cn[nH]c12. The number of carbonyl (C=O) groups is 1. The molecular weight excluding hydrogens is 312 g/mol. The first-order valence-corrected chi connectivity index (χ1v) is 8.66. The lowest BCUT2D eigenvalue weighted by Crippen LogP contribution is -2.05. The summed E-state index contributed by atoms with van der Waals surface area (Å²) in [5.74, 6) is 1.07. The van der Waals surface area contributed by atoms with Crippen LogP contribution >= 0.6 is 0 Å². The van der Waals surface area contributed by atoms with E-state index in [1.165, 1.54) is 11.1 Å². The zero-order chi connectivity index (χ0) is 18.0. The monoisotopic (exact) mass is 336 g/mol. The van der Waals surface area contributed by atoms with E-state index in [-0.39, 0.29) is 5.91 Å². The highest BCUT2D eigenvalue weighted by molar-refractivity contribution is 6.00. The van der Waals surface area contributed by atoms with Gasteiger partial charge in [0.05, 0.1) is 18.1 Å². The van der Waals surface area contributed by atoms with Gasteiger partial charge in [0.25, 0.3) is 0 Å². The number of H-pyrrole nitrogens is 1. The van der Waals surface area contributed by atoms with Crippen LogP contribution in [0.25, 0.3) is 10.9 Å². The molecule has 0 spiro atoms. The topological polar surface area (TPSA) is 70.7 Å². The van der Waals surface area contributed by atoms with Crippen LogP contribution in [0.2, 0.25) is 0 Å². The van der Waals surface area contributed by atoms with Crippen LogP contribution in [0.4, 0.5) is 5.69 Å². The number of aromatic nitrogens is 3. The molecule has 0 aliphatic carbocycles. The third-order valence-corrected chi connectivity index (χ3v) is 4.43. The number of benzene rings is 1. The number of hydrogen-bond donors (Lipinski definition) is 2. The van der Waals surface area contributed by atoms with Crippen molar-refractivity contribution in [3.63, 3.8) is 0 Å². The summed E-state index contributed by atoms with van der Waals surface area (Å²) in [6, 6.07) is 6.11. The Morgan fingerprint density at radius 2 is 1.76 bits per heavy atom. The lowest BCUT2D eigenvalue weighted by molar-refractivity contribution is -0.115. The third-order valence-electron chi connectivity index (χ3n) is 4.43. The molecule has 130 valence electrons. The number of carbonyl (C=O) groups excluding carboxylic acids is 1. The Hall–Kier alpha value is -2.69. The number of nitrogens with one attached hydrogen (secondary N) is 2. The molecule has 1 aromatic carbocycles. The zero-order valence-corrected chi connectivity index (χ0v) is 15.1. The molecule has 0 bridgehead atoms. The highest BCUT2D eigenvalue weighted by atomic mass is 16.1. The van der Waals surface area contributed by atoms with Crippen molar-refractivity contribution < 1.29 is 4.79 Å². The van der Waals surface area contributed by atoms with E-state index in [1.54, 1.807) is 6.20 Å². The molecule has 0 radical (unpaired) electrons. The quantitative estimate of drug-likeness (QED) is 0.729. The van der Waals surface area contributed by atoms with Crippen LogP contribution in [-0.2, 0) is 11.2 Å². The van der Waals surface area contributed by atoms with E-state index >= 15 is 0 Å². The molecule has 0 saturated heterocycles. The maximum absolute atomic E-state index is 11.2. The van der Waals surface area contributed by atoms with Crippen LogP contribution in [-0.4, -0.2) is 21.1 Å². The average Bonchev–Trinajstić information content (AvgIpc) is 3.19. The molecule has 0 fully saturated rings. The van der Waals surface area contributed by atoms with Crippen molar-refractivity contribution in [2.24, 2.45) is 0 Å². The van der Waals surface area contributed by atoms with Gasteiger partial charge in [0.1, 0.15) is 0 Å². The first-order valence-electron chi connectivity index (χ1n) is 8.66. The first kappa shape index (κ1) is 17.1. The van der Waals surface area contributed by atoms with Gasteiger partial charge in [-0.15, -0.1) is 0 Å². The summed E-state index contributed by atoms with van der Waals surface area (Å²) in [4.78, 5) is 15.3. The van der Waals surface area contributed by atoms with Crippen molar-refractivity contribution in [3.8, 4) is 0 Å². The molecule has 4 rings (SSSR count). The van der Waals surface area contributed by atoms with Crippen molar-refractivity contribution in [2.75, 3.05) is 5.32 Å². The molecule has 0 saturated carbocycles. The van der Waals surface area contributed by atoms with Crippen LogP contribution in [0.5, 0.6) is 0 Å². The number of para-hydroxylation sites is 1. The summed E-state index contributed by atoms with van der Waals surface area (Å²) in [5, 5.41) is 11.0. The normalized spacial score (nSPS) is 13.0. The molecule has 3 aromatic rings. The maximum atomic E-state index is 11.2. The summed E-state index contributed by atoms with van der Waals surface area (Å²) in [6.45, 7) is 8.58. The Morgan fingerprint density at radius 1 is 1.00 bits per heavy atom. The van der Waals surface area contributed by atoms with Gasteiger partial charge in [-0.25, -0.2) is 0 Å². The lowest BCUT2D eigenvalue weighted by atomic mass is 9.98. The fourth-order valence-electron chi connectivity index (χ4n) is 3.08. The largest absolute Gasteiger partial charge is 0.325 e. The van der Waals surface area contributed by atoms with E-state index in [9.17, 15) is 4.79 Å². The van der Waals surface area contributed by atoms with Crippen molar-refractivity contribution >= 4 is 22.5 Å². The summed E-state index contributed by atoms with van der Waals surface area (Å²) in [7, 11) is 0. The minimum absolute atomic E-state index is 0.114. The molecule has 3 heterocycles. The van der Waals surface area contributed by atoms with Gasteiger partial charge in [-0.1, -0.05) is 45.9 Å². The zero-order valence-electron chi connectivity index (χ0n) is 15.1. The average molecular weight is 336 g/mol. The smallest absolute Gasteiger partial charge is 0.228 e. The number of rotatable bonds is 2. The molecule has 0 unspecified atom stereocenters. The van der Waals surface area contributed by atoms with E-state index in [1.807, 2.05) is 24.5 Å². The second-order valence-corrected chi connectivity index (χ2v) is 6.98. The van der Waals surface area contributed by atoms with E-state index < -0.39 is 0 Å². The number of anilines is 1. The van der Waals surface area contributed by atoms with Crippen molar-refractivity contribution in [3.05, 3.63) is 53.5 Å².